The number of phosphoric ester groups is 1. The van der Waals surface area contributed by atoms with Crippen LogP contribution in [0.4, 0.5) is 5.82 Å². The molecule has 0 bridgehead atoms. The number of phosphoric acid groups is 1. The summed E-state index contributed by atoms with van der Waals surface area (Å²) in [7, 11) is -4.80. The molecular formula is C7H12N5O7P. The number of aromatic nitrogens is 2. The zero-order chi connectivity index (χ0) is 15.3. The summed E-state index contributed by atoms with van der Waals surface area (Å²) < 4.78 is 15.4. The van der Waals surface area contributed by atoms with E-state index in [0.29, 0.717) is 4.68 Å². The highest BCUT2D eigenvalue weighted by Gasteiger charge is 2.25. The number of amides is 1. The summed E-state index contributed by atoms with van der Waals surface area (Å²) >= 11 is 0. The lowest BCUT2D eigenvalue weighted by atomic mass is 10.4. The van der Waals surface area contributed by atoms with Crippen molar-refractivity contribution in [2.45, 2.75) is 6.73 Å². The van der Waals surface area contributed by atoms with Gasteiger partial charge in [-0.05, 0) is 4.92 Å². The average Bonchev–Trinajstić information content (AvgIpc) is 2.77. The van der Waals surface area contributed by atoms with E-state index in [2.05, 4.69) is 14.9 Å². The molecule has 0 fully saturated rings. The van der Waals surface area contributed by atoms with Crippen molar-refractivity contribution in [3.8, 4) is 0 Å². The molecule has 112 valence electrons. The van der Waals surface area contributed by atoms with Gasteiger partial charge in [-0.25, -0.2) is 4.57 Å². The Kier molecular flexibility index (Phi) is 5.30. The van der Waals surface area contributed by atoms with Crippen molar-refractivity contribution < 1.29 is 28.6 Å². The van der Waals surface area contributed by atoms with Crippen LogP contribution in [-0.2, 0) is 15.8 Å². The minimum absolute atomic E-state index is 0.122. The normalized spacial score (nSPS) is 11.3. The lowest BCUT2D eigenvalue weighted by Crippen LogP contribution is -2.31. The van der Waals surface area contributed by atoms with Gasteiger partial charge in [0, 0.05) is 13.1 Å². The Morgan fingerprint density at radius 2 is 2.30 bits per heavy atom. The van der Waals surface area contributed by atoms with E-state index in [1.807, 2.05) is 0 Å². The molecule has 0 aromatic carbocycles. The van der Waals surface area contributed by atoms with Crippen molar-refractivity contribution in [1.82, 2.24) is 15.1 Å². The van der Waals surface area contributed by atoms with Crippen LogP contribution in [0.15, 0.2) is 6.07 Å². The van der Waals surface area contributed by atoms with E-state index in [1.165, 1.54) is 0 Å². The van der Waals surface area contributed by atoms with Gasteiger partial charge in [-0.3, -0.25) is 9.32 Å². The number of rotatable bonds is 7. The quantitative estimate of drug-likeness (QED) is 0.265. The molecule has 0 aliphatic heterocycles. The van der Waals surface area contributed by atoms with E-state index in [0.717, 1.165) is 6.07 Å². The second kappa shape index (κ2) is 6.54. The highest BCUT2D eigenvalue weighted by Crippen LogP contribution is 2.36. The molecule has 0 aliphatic rings. The third-order valence-electron chi connectivity index (χ3n) is 1.96. The van der Waals surface area contributed by atoms with Crippen LogP contribution >= 0.6 is 7.82 Å². The molecule has 13 heteroatoms. The first-order valence-corrected chi connectivity index (χ1v) is 6.68. The van der Waals surface area contributed by atoms with Gasteiger partial charge >= 0.3 is 13.6 Å². The van der Waals surface area contributed by atoms with Gasteiger partial charge in [0.05, 0.1) is 11.2 Å². The zero-order valence-corrected chi connectivity index (χ0v) is 10.9. The van der Waals surface area contributed by atoms with Gasteiger partial charge in [0.25, 0.3) is 5.91 Å². The predicted molar refractivity (Wildman–Crippen MR) is 63.4 cm³/mol. The van der Waals surface area contributed by atoms with Gasteiger partial charge < -0.3 is 31.0 Å². The summed E-state index contributed by atoms with van der Waals surface area (Å²) in [6.07, 6.45) is 0. The number of nitrogens with one attached hydrogen (secondary N) is 1. The monoisotopic (exact) mass is 309 g/mol. The first-order chi connectivity index (χ1) is 9.24. The molecule has 1 aromatic rings. The fourth-order valence-electron chi connectivity index (χ4n) is 1.18. The molecule has 1 amide bonds. The summed E-state index contributed by atoms with van der Waals surface area (Å²) in [5.74, 6) is -1.39. The van der Waals surface area contributed by atoms with Crippen LogP contribution in [0.3, 0.4) is 0 Å². The first-order valence-electron chi connectivity index (χ1n) is 5.15. The number of nitrogens with zero attached hydrogens (tertiary/aromatic N) is 3. The Hall–Kier alpha value is -1.85. The van der Waals surface area contributed by atoms with Gasteiger partial charge in [0.1, 0.15) is 0 Å². The van der Waals surface area contributed by atoms with Crippen LogP contribution in [0.1, 0.15) is 10.5 Å². The molecule has 1 heterocycles. The summed E-state index contributed by atoms with van der Waals surface area (Å²) in [6.45, 7) is -0.540. The van der Waals surface area contributed by atoms with Crippen LogP contribution in [0, 0.1) is 10.1 Å². The van der Waals surface area contributed by atoms with Gasteiger partial charge in [-0.1, -0.05) is 0 Å². The van der Waals surface area contributed by atoms with Crippen LogP contribution in [0.2, 0.25) is 0 Å². The number of hydrogen-bond acceptors (Lipinski definition) is 7. The smallest absolute Gasteiger partial charge is 0.358 e. The number of nitro groups is 1. The summed E-state index contributed by atoms with van der Waals surface area (Å²) in [5.41, 5.74) is 4.91. The molecule has 20 heavy (non-hydrogen) atoms. The van der Waals surface area contributed by atoms with E-state index < -0.39 is 31.2 Å². The molecule has 0 unspecified atom stereocenters. The summed E-state index contributed by atoms with van der Waals surface area (Å²) in [5, 5.41) is 16.3. The first kappa shape index (κ1) is 16.2. The maximum atomic E-state index is 11.7. The van der Waals surface area contributed by atoms with E-state index >= 15 is 0 Å². The largest absolute Gasteiger partial charge is 0.471 e. The van der Waals surface area contributed by atoms with E-state index in [4.69, 9.17) is 15.5 Å². The highest BCUT2D eigenvalue weighted by atomic mass is 31.2. The maximum Gasteiger partial charge on any atom is 0.471 e. The number of carbonyl (C=O) groups is 1. The van der Waals surface area contributed by atoms with Crippen LogP contribution in [-0.4, -0.2) is 43.5 Å². The molecule has 0 radical (unpaired) electrons. The second-order valence-electron chi connectivity index (χ2n) is 3.44. The Morgan fingerprint density at radius 1 is 1.65 bits per heavy atom. The van der Waals surface area contributed by atoms with Crippen LogP contribution in [0.5, 0.6) is 0 Å². The summed E-state index contributed by atoms with van der Waals surface area (Å²) in [4.78, 5) is 38.5. The number of nitrogens with two attached hydrogens (primary N) is 1. The molecule has 0 saturated heterocycles. The maximum absolute atomic E-state index is 11.7. The van der Waals surface area contributed by atoms with Crippen molar-refractivity contribution in [3.05, 3.63) is 21.9 Å². The van der Waals surface area contributed by atoms with Gasteiger partial charge in [-0.2, -0.15) is 0 Å². The van der Waals surface area contributed by atoms with Crippen LogP contribution < -0.4 is 11.1 Å². The third-order valence-corrected chi connectivity index (χ3v) is 2.42. The van der Waals surface area contributed by atoms with E-state index in [-0.39, 0.29) is 18.8 Å². The minimum Gasteiger partial charge on any atom is -0.358 e. The fourth-order valence-corrected chi connectivity index (χ4v) is 1.44. The van der Waals surface area contributed by atoms with Gasteiger partial charge in [0.2, 0.25) is 0 Å². The van der Waals surface area contributed by atoms with Crippen molar-refractivity contribution in [3.63, 3.8) is 0 Å². The van der Waals surface area contributed by atoms with Crippen molar-refractivity contribution in [1.29, 1.82) is 0 Å². The molecule has 0 spiro atoms. The average molecular weight is 309 g/mol. The molecule has 0 aliphatic carbocycles. The highest BCUT2D eigenvalue weighted by molar-refractivity contribution is 7.46. The van der Waals surface area contributed by atoms with Gasteiger partial charge in [-0.15, -0.1) is 4.68 Å². The third kappa shape index (κ3) is 4.68. The molecule has 0 atom stereocenters. The Morgan fingerprint density at radius 3 is 2.80 bits per heavy atom. The molecule has 1 aromatic heterocycles. The SMILES string of the molecule is NCCNC(=O)c1cc([N+](=O)[O-])nn1COP(=O)(O)O. The topological polar surface area (TPSA) is 183 Å². The van der Waals surface area contributed by atoms with Crippen molar-refractivity contribution >= 4 is 19.5 Å². The minimum atomic E-state index is -4.80. The number of hydrogen-bond donors (Lipinski definition) is 4. The van der Waals surface area contributed by atoms with E-state index in [1.54, 1.807) is 0 Å². The molecule has 1 rings (SSSR count). The Balaban J connectivity index is 2.97. The van der Waals surface area contributed by atoms with Crippen molar-refractivity contribution in [2.75, 3.05) is 13.1 Å². The molecule has 5 N–H and O–H groups in total. The fraction of sp³-hybridized carbons (Fsp3) is 0.429. The molecular weight excluding hydrogens is 297 g/mol. The lowest BCUT2D eigenvalue weighted by molar-refractivity contribution is -0.389. The van der Waals surface area contributed by atoms with E-state index in [9.17, 15) is 19.5 Å². The molecule has 0 saturated carbocycles. The van der Waals surface area contributed by atoms with Gasteiger partial charge in [0.15, 0.2) is 12.4 Å². The lowest BCUT2D eigenvalue weighted by Gasteiger charge is -2.06. The Labute approximate surface area is 111 Å². The molecule has 12 nitrogen and oxygen atoms in total. The number of carbonyl (C=O) groups excluding carboxylic acids is 1. The zero-order valence-electron chi connectivity index (χ0n) is 10.0. The Bertz CT molecular complexity index is 552. The standard InChI is InChI=1S/C7H12N5O7P/c8-1-2-9-7(13)5-3-6(12(14)15)10-11(5)4-19-20(16,17)18/h3H,1-2,4,8H2,(H,9,13)(H2,16,17,18). The summed E-state index contributed by atoms with van der Waals surface area (Å²) in [6, 6.07) is 0.856. The second-order valence-corrected chi connectivity index (χ2v) is 4.68. The van der Waals surface area contributed by atoms with Crippen LogP contribution in [0.25, 0.3) is 0 Å². The van der Waals surface area contributed by atoms with Crippen molar-refractivity contribution in [2.24, 2.45) is 5.73 Å². The predicted octanol–water partition coefficient (Wildman–Crippen LogP) is -1.45.